The zero-order valence-electron chi connectivity index (χ0n) is 35.1. The quantitative estimate of drug-likeness (QED) is 0.0756. The number of esters is 2. The molecule has 0 bridgehead atoms. The SMILES string of the molecule is CCOC(=O)C1(N(Cc2ccc(F)c(F)c2)C(=O)CBr)CN(C(=O)OC(C)(C)C)C1.CCOC(=O)C1(NCc2ccc(F)c(F)c2)CN(C(=O)OC(C)(C)C)C1.O=C(Br)CBr. The standard InChI is InChI=1S/C20H25BrF2N2O5.C18H24F2N2O4.C2H2Br2O/c1-5-29-17(27)20(11-24(12-20)18(28)30-19(2,3)4)25(16(26)9-21)10-13-6-7-14(22)15(23)8-13;1-5-25-15(23)18(10-22(11-18)16(24)26-17(2,3)4)21-9-12-6-7-13(19)14(20)8-12;3-1-2(4)5/h6-8H,5,9-12H2,1-4H3;6-8,21H,5,9-11H2,1-4H3;1H2. The predicted molar refractivity (Wildman–Crippen MR) is 226 cm³/mol. The molecule has 2 aromatic rings. The third kappa shape index (κ3) is 15.8. The Labute approximate surface area is 377 Å². The van der Waals surface area contributed by atoms with Crippen molar-refractivity contribution in [1.82, 2.24) is 20.0 Å². The van der Waals surface area contributed by atoms with Crippen molar-refractivity contribution in [3.8, 4) is 0 Å². The van der Waals surface area contributed by atoms with Crippen molar-refractivity contribution in [3.05, 3.63) is 70.8 Å². The Hall–Kier alpha value is -3.82. The molecule has 0 aliphatic carbocycles. The first kappa shape index (κ1) is 53.3. The Morgan fingerprint density at radius 1 is 0.689 bits per heavy atom. The number of nitrogens with one attached hydrogen (secondary N) is 1. The van der Waals surface area contributed by atoms with E-state index in [0.717, 1.165) is 24.3 Å². The van der Waals surface area contributed by atoms with Crippen LogP contribution in [-0.4, -0.2) is 122 Å². The molecule has 0 unspecified atom stereocenters. The summed E-state index contributed by atoms with van der Waals surface area (Å²) in [7, 11) is 0. The van der Waals surface area contributed by atoms with Gasteiger partial charge >= 0.3 is 24.1 Å². The van der Waals surface area contributed by atoms with Gasteiger partial charge in [0.2, 0.25) is 10.6 Å². The molecule has 14 nitrogen and oxygen atoms in total. The minimum Gasteiger partial charge on any atom is -0.465 e. The average Bonchev–Trinajstić information content (AvgIpc) is 3.12. The lowest BCUT2D eigenvalue weighted by Gasteiger charge is -2.53. The van der Waals surface area contributed by atoms with Crippen molar-refractivity contribution < 1.29 is 65.3 Å². The first-order valence-corrected chi connectivity index (χ1v) is 21.8. The van der Waals surface area contributed by atoms with Gasteiger partial charge in [-0.05, 0) is 107 Å². The number of halogens is 7. The van der Waals surface area contributed by atoms with Gasteiger partial charge in [0.05, 0.1) is 50.1 Å². The topological polar surface area (TPSA) is 161 Å². The van der Waals surface area contributed by atoms with Crippen LogP contribution in [-0.2, 0) is 51.2 Å². The molecular formula is C40H51Br3F4N4O10. The van der Waals surface area contributed by atoms with Crippen LogP contribution in [0.15, 0.2) is 36.4 Å². The normalized spacial score (nSPS) is 14.9. The molecule has 2 aliphatic rings. The maximum Gasteiger partial charge on any atom is 0.410 e. The fraction of sp³-hybridized carbons (Fsp3) is 0.550. The lowest BCUT2D eigenvalue weighted by molar-refractivity contribution is -0.176. The molecule has 3 amide bonds. The molecule has 1 N–H and O–H groups in total. The molecule has 2 aromatic carbocycles. The van der Waals surface area contributed by atoms with Gasteiger partial charge in [-0.1, -0.05) is 44.0 Å². The molecule has 0 aromatic heterocycles. The van der Waals surface area contributed by atoms with E-state index in [-0.39, 0.29) is 62.5 Å². The molecule has 2 heterocycles. The van der Waals surface area contributed by atoms with E-state index in [2.05, 4.69) is 53.1 Å². The van der Waals surface area contributed by atoms with Crippen LogP contribution in [0.1, 0.15) is 66.5 Å². The summed E-state index contributed by atoms with van der Waals surface area (Å²) >= 11 is 8.69. The molecule has 0 spiro atoms. The van der Waals surface area contributed by atoms with Crippen molar-refractivity contribution in [1.29, 1.82) is 0 Å². The van der Waals surface area contributed by atoms with Crippen molar-refractivity contribution in [2.24, 2.45) is 0 Å². The molecule has 2 fully saturated rings. The first-order valence-electron chi connectivity index (χ1n) is 18.8. The van der Waals surface area contributed by atoms with Crippen molar-refractivity contribution >= 4 is 82.5 Å². The summed E-state index contributed by atoms with van der Waals surface area (Å²) in [4.78, 5) is 75.9. The lowest BCUT2D eigenvalue weighted by Crippen LogP contribution is -2.76. The number of ether oxygens (including phenoxy) is 4. The van der Waals surface area contributed by atoms with Crippen LogP contribution in [0.2, 0.25) is 0 Å². The van der Waals surface area contributed by atoms with Crippen LogP contribution in [0.25, 0.3) is 0 Å². The van der Waals surface area contributed by atoms with Gasteiger partial charge in [0.25, 0.3) is 0 Å². The highest BCUT2D eigenvalue weighted by atomic mass is 79.9. The largest absolute Gasteiger partial charge is 0.465 e. The number of carbonyl (C=O) groups excluding carboxylic acids is 6. The van der Waals surface area contributed by atoms with Crippen LogP contribution in [0, 0.1) is 23.3 Å². The van der Waals surface area contributed by atoms with E-state index < -0.39 is 75.6 Å². The molecule has 0 radical (unpaired) electrons. The number of nitrogens with zero attached hydrogens (tertiary/aromatic N) is 3. The number of amides is 3. The monoisotopic (exact) mass is 1060 g/mol. The van der Waals surface area contributed by atoms with Gasteiger partial charge in [-0.3, -0.25) is 14.9 Å². The van der Waals surface area contributed by atoms with Crippen molar-refractivity contribution in [3.63, 3.8) is 0 Å². The summed E-state index contributed by atoms with van der Waals surface area (Å²) < 4.78 is 74.2. The van der Waals surface area contributed by atoms with Gasteiger partial charge < -0.3 is 33.6 Å². The number of hydrogen-bond acceptors (Lipinski definition) is 11. The van der Waals surface area contributed by atoms with Crippen LogP contribution in [0.5, 0.6) is 0 Å². The van der Waals surface area contributed by atoms with E-state index in [1.807, 2.05) is 0 Å². The molecule has 0 saturated carbocycles. The number of carbonyl (C=O) groups is 6. The summed E-state index contributed by atoms with van der Waals surface area (Å²) in [5.41, 5.74) is -3.15. The van der Waals surface area contributed by atoms with Gasteiger partial charge in [0.1, 0.15) is 11.2 Å². The zero-order valence-corrected chi connectivity index (χ0v) is 39.9. The summed E-state index contributed by atoms with van der Waals surface area (Å²) in [6.45, 7) is 13.8. The fourth-order valence-corrected chi connectivity index (χ4v) is 5.95. The number of rotatable bonds is 12. The Kier molecular flexibility index (Phi) is 20.1. The van der Waals surface area contributed by atoms with Gasteiger partial charge in [0, 0.05) is 13.1 Å². The highest BCUT2D eigenvalue weighted by molar-refractivity contribution is 9.19. The second-order valence-corrected chi connectivity index (χ2v) is 17.7. The van der Waals surface area contributed by atoms with E-state index in [4.69, 9.17) is 18.9 Å². The molecule has 61 heavy (non-hydrogen) atoms. The summed E-state index contributed by atoms with van der Waals surface area (Å²) in [6.07, 6.45) is -1.14. The zero-order chi connectivity index (χ0) is 46.5. The smallest absolute Gasteiger partial charge is 0.410 e. The minimum atomic E-state index is -1.46. The van der Waals surface area contributed by atoms with Gasteiger partial charge in [-0.25, -0.2) is 36.7 Å². The molecule has 0 atom stereocenters. The summed E-state index contributed by atoms with van der Waals surface area (Å²) in [5, 5.41) is 3.30. The number of benzene rings is 2. The maximum atomic E-state index is 13.7. The van der Waals surface area contributed by atoms with E-state index in [0.29, 0.717) is 16.5 Å². The van der Waals surface area contributed by atoms with Crippen molar-refractivity contribution in [2.45, 2.75) is 90.8 Å². The van der Waals surface area contributed by atoms with Gasteiger partial charge in [-0.15, -0.1) is 0 Å². The van der Waals surface area contributed by atoms with Crippen molar-refractivity contribution in [2.75, 3.05) is 50.1 Å². The fourth-order valence-electron chi connectivity index (χ4n) is 5.65. The molecular weight excluding hydrogens is 1010 g/mol. The van der Waals surface area contributed by atoms with Crippen LogP contribution < -0.4 is 5.32 Å². The second kappa shape index (κ2) is 23.0. The Balaban J connectivity index is 0.000000381. The van der Waals surface area contributed by atoms with Crippen LogP contribution >= 0.6 is 47.8 Å². The Morgan fingerprint density at radius 3 is 1.52 bits per heavy atom. The third-order valence-corrected chi connectivity index (χ3v) is 10.4. The first-order chi connectivity index (χ1) is 28.3. The van der Waals surface area contributed by atoms with E-state index >= 15 is 0 Å². The molecule has 4 rings (SSSR count). The van der Waals surface area contributed by atoms with Gasteiger partial charge in [-0.2, -0.15) is 0 Å². The summed E-state index contributed by atoms with van der Waals surface area (Å²) in [5.74, 6) is -5.61. The van der Waals surface area contributed by atoms with Crippen LogP contribution in [0.3, 0.4) is 0 Å². The Morgan fingerprint density at radius 2 is 1.11 bits per heavy atom. The second-order valence-electron chi connectivity index (χ2n) is 15.7. The highest BCUT2D eigenvalue weighted by Crippen LogP contribution is 2.33. The van der Waals surface area contributed by atoms with E-state index in [1.54, 1.807) is 55.4 Å². The Bertz CT molecular complexity index is 1890. The molecule has 2 saturated heterocycles. The van der Waals surface area contributed by atoms with E-state index in [1.165, 1.54) is 26.8 Å². The van der Waals surface area contributed by atoms with Gasteiger partial charge in [0.15, 0.2) is 34.3 Å². The van der Waals surface area contributed by atoms with Crippen LogP contribution in [0.4, 0.5) is 27.2 Å². The number of likely N-dealkylation sites (tertiary alicyclic amines) is 2. The average molecular weight is 1060 g/mol. The predicted octanol–water partition coefficient (Wildman–Crippen LogP) is 7.15. The summed E-state index contributed by atoms with van der Waals surface area (Å²) in [6, 6.07) is 6.76. The third-order valence-electron chi connectivity index (χ3n) is 8.43. The minimum absolute atomic E-state index is 0.0162. The molecule has 21 heteroatoms. The highest BCUT2D eigenvalue weighted by Gasteiger charge is 2.58. The lowest BCUT2D eigenvalue weighted by atomic mass is 9.87. The van der Waals surface area contributed by atoms with E-state index in [9.17, 15) is 46.3 Å². The molecule has 340 valence electrons. The molecule has 2 aliphatic heterocycles. The maximum absolute atomic E-state index is 13.7. The number of alkyl halides is 2. The number of hydrogen-bond donors (Lipinski definition) is 1.